The van der Waals surface area contributed by atoms with E-state index in [0.29, 0.717) is 0 Å². The molecule has 0 atom stereocenters. The first-order valence-corrected chi connectivity index (χ1v) is 2.93. The number of carbonyl (C=O) groups is 1. The Labute approximate surface area is 74.6 Å². The number of rotatable bonds is 2. The van der Waals surface area contributed by atoms with Crippen molar-refractivity contribution in [3.8, 4) is 0 Å². The molecule has 0 heterocycles. The van der Waals surface area contributed by atoms with Gasteiger partial charge in [-0.25, -0.2) is 5.84 Å². The standard InChI is InChI=1S/C4H6F3N3O4/c5-4(6,7)3(12,13)1(10-14)2(11)9-8/h12-14H,8H2,(H,9,11)/b10-1-. The second-order valence-corrected chi connectivity index (χ2v) is 2.09. The molecule has 10 heteroatoms. The lowest BCUT2D eigenvalue weighted by Gasteiger charge is -2.23. The minimum absolute atomic E-state index is 1.14. The second-order valence-electron chi connectivity index (χ2n) is 2.09. The molecule has 0 saturated carbocycles. The molecule has 82 valence electrons. The minimum atomic E-state index is -5.60. The minimum Gasteiger partial charge on any atom is -0.410 e. The predicted octanol–water partition coefficient (Wildman–Crippen LogP) is -1.95. The summed E-state index contributed by atoms with van der Waals surface area (Å²) >= 11 is 0. The van der Waals surface area contributed by atoms with Crippen LogP contribution < -0.4 is 11.3 Å². The Kier molecular flexibility index (Phi) is 3.40. The molecule has 0 radical (unpaired) electrons. The van der Waals surface area contributed by atoms with Gasteiger partial charge in [0.2, 0.25) is 5.71 Å². The van der Waals surface area contributed by atoms with E-state index in [1.54, 1.807) is 5.16 Å². The monoisotopic (exact) mass is 217 g/mol. The lowest BCUT2D eigenvalue weighted by molar-refractivity contribution is -0.312. The molecule has 0 aliphatic carbocycles. The zero-order valence-corrected chi connectivity index (χ0v) is 6.41. The number of halogens is 3. The Morgan fingerprint density at radius 2 is 1.79 bits per heavy atom. The van der Waals surface area contributed by atoms with E-state index in [4.69, 9.17) is 15.4 Å². The Balaban J connectivity index is 5.16. The van der Waals surface area contributed by atoms with Crippen LogP contribution in [0.25, 0.3) is 0 Å². The van der Waals surface area contributed by atoms with Crippen LogP contribution in [0.3, 0.4) is 0 Å². The third kappa shape index (κ3) is 2.10. The summed E-state index contributed by atoms with van der Waals surface area (Å²) in [6, 6.07) is 0. The van der Waals surface area contributed by atoms with Crippen molar-refractivity contribution >= 4 is 11.6 Å². The van der Waals surface area contributed by atoms with E-state index in [9.17, 15) is 18.0 Å². The molecule has 0 aromatic rings. The molecule has 0 aliphatic rings. The fourth-order valence-electron chi connectivity index (χ4n) is 0.476. The molecule has 0 aliphatic heterocycles. The molecule has 0 aromatic heterocycles. The maximum Gasteiger partial charge on any atom is 0.449 e. The number of hydrogen-bond donors (Lipinski definition) is 5. The van der Waals surface area contributed by atoms with Gasteiger partial charge >= 0.3 is 12.0 Å². The van der Waals surface area contributed by atoms with Gasteiger partial charge in [-0.1, -0.05) is 5.16 Å². The summed E-state index contributed by atoms with van der Waals surface area (Å²) in [6.07, 6.45) is -5.60. The Hall–Kier alpha value is -1.39. The van der Waals surface area contributed by atoms with E-state index >= 15 is 0 Å². The van der Waals surface area contributed by atoms with Crippen LogP contribution in [0.1, 0.15) is 0 Å². The highest BCUT2D eigenvalue weighted by molar-refractivity contribution is 6.41. The smallest absolute Gasteiger partial charge is 0.410 e. The van der Waals surface area contributed by atoms with Gasteiger partial charge in [-0.15, -0.1) is 0 Å². The van der Waals surface area contributed by atoms with Gasteiger partial charge in [-0.2, -0.15) is 13.2 Å². The Morgan fingerprint density at radius 1 is 1.36 bits per heavy atom. The number of oxime groups is 1. The topological polar surface area (TPSA) is 128 Å². The lowest BCUT2D eigenvalue weighted by Crippen LogP contribution is -2.58. The van der Waals surface area contributed by atoms with Crippen molar-refractivity contribution in [2.24, 2.45) is 11.0 Å². The summed E-state index contributed by atoms with van der Waals surface area (Å²) in [5.41, 5.74) is -0.835. The predicted molar refractivity (Wildman–Crippen MR) is 34.8 cm³/mol. The van der Waals surface area contributed by atoms with E-state index in [0.717, 1.165) is 5.43 Å². The molecule has 0 aromatic carbocycles. The molecule has 0 saturated heterocycles. The van der Waals surface area contributed by atoms with Gasteiger partial charge in [0, 0.05) is 0 Å². The van der Waals surface area contributed by atoms with Crippen molar-refractivity contribution in [1.82, 2.24) is 5.43 Å². The number of amides is 1. The van der Waals surface area contributed by atoms with Crippen molar-refractivity contribution in [1.29, 1.82) is 0 Å². The van der Waals surface area contributed by atoms with Crippen molar-refractivity contribution in [3.63, 3.8) is 0 Å². The third-order valence-corrected chi connectivity index (χ3v) is 1.17. The fraction of sp³-hybridized carbons (Fsp3) is 0.500. The highest BCUT2D eigenvalue weighted by Crippen LogP contribution is 2.29. The third-order valence-electron chi connectivity index (χ3n) is 1.17. The average molecular weight is 217 g/mol. The molecule has 1 amide bonds. The number of nitrogens with two attached hydrogens (primary N) is 1. The van der Waals surface area contributed by atoms with Crippen molar-refractivity contribution in [3.05, 3.63) is 0 Å². The summed E-state index contributed by atoms with van der Waals surface area (Å²) < 4.78 is 35.6. The van der Waals surface area contributed by atoms with E-state index in [-0.39, 0.29) is 0 Å². The summed E-state index contributed by atoms with van der Waals surface area (Å²) in [5.74, 6) is -1.94. The van der Waals surface area contributed by atoms with Crippen LogP contribution in [0.2, 0.25) is 0 Å². The molecule has 6 N–H and O–H groups in total. The maximum atomic E-state index is 11.9. The van der Waals surface area contributed by atoms with Gasteiger partial charge in [0.15, 0.2) is 0 Å². The molecule has 0 spiro atoms. The van der Waals surface area contributed by atoms with Crippen LogP contribution in [0.15, 0.2) is 5.16 Å². The van der Waals surface area contributed by atoms with Gasteiger partial charge < -0.3 is 15.4 Å². The van der Waals surface area contributed by atoms with E-state index < -0.39 is 23.6 Å². The summed E-state index contributed by atoms with van der Waals surface area (Å²) in [5, 5.41) is 26.7. The van der Waals surface area contributed by atoms with Gasteiger partial charge in [-0.05, 0) is 0 Å². The molecule has 0 fully saturated rings. The molecule has 14 heavy (non-hydrogen) atoms. The van der Waals surface area contributed by atoms with Gasteiger partial charge in [0.1, 0.15) is 0 Å². The summed E-state index contributed by atoms with van der Waals surface area (Å²) in [6.45, 7) is 0. The first-order chi connectivity index (χ1) is 6.18. The molecular weight excluding hydrogens is 211 g/mol. The van der Waals surface area contributed by atoms with E-state index in [1.807, 2.05) is 0 Å². The molecule has 0 bridgehead atoms. The molecule has 7 nitrogen and oxygen atoms in total. The average Bonchev–Trinajstić information content (AvgIpc) is 2.02. The first-order valence-electron chi connectivity index (χ1n) is 2.93. The van der Waals surface area contributed by atoms with E-state index in [2.05, 4.69) is 5.84 Å². The van der Waals surface area contributed by atoms with Crippen molar-refractivity contribution < 1.29 is 33.4 Å². The molecular formula is C4H6F3N3O4. The van der Waals surface area contributed by atoms with Crippen molar-refractivity contribution in [2.75, 3.05) is 0 Å². The number of nitrogens with zero attached hydrogens (tertiary/aromatic N) is 1. The zero-order chi connectivity index (χ0) is 11.6. The number of carbonyl (C=O) groups excluding carboxylic acids is 1. The Bertz CT molecular complexity index is 261. The SMILES string of the molecule is NNC(=O)/C(=N/O)C(O)(O)C(F)(F)F. The summed E-state index contributed by atoms with van der Waals surface area (Å²) in [4.78, 5) is 10.5. The van der Waals surface area contributed by atoms with Crippen LogP contribution >= 0.6 is 0 Å². The second kappa shape index (κ2) is 3.77. The number of aliphatic hydroxyl groups is 2. The number of alkyl halides is 3. The van der Waals surface area contributed by atoms with Crippen LogP contribution in [0, 0.1) is 0 Å². The zero-order valence-electron chi connectivity index (χ0n) is 6.41. The number of hydrogen-bond acceptors (Lipinski definition) is 6. The van der Waals surface area contributed by atoms with Crippen LogP contribution in [-0.4, -0.2) is 39.0 Å². The van der Waals surface area contributed by atoms with E-state index in [1.165, 1.54) is 0 Å². The summed E-state index contributed by atoms with van der Waals surface area (Å²) in [7, 11) is 0. The van der Waals surface area contributed by atoms with Crippen LogP contribution in [0.5, 0.6) is 0 Å². The maximum absolute atomic E-state index is 11.9. The first kappa shape index (κ1) is 12.6. The van der Waals surface area contributed by atoms with Crippen LogP contribution in [-0.2, 0) is 4.79 Å². The van der Waals surface area contributed by atoms with Gasteiger partial charge in [0.05, 0.1) is 0 Å². The van der Waals surface area contributed by atoms with Crippen molar-refractivity contribution in [2.45, 2.75) is 12.0 Å². The van der Waals surface area contributed by atoms with Gasteiger partial charge in [0.25, 0.3) is 5.91 Å². The number of hydrazine groups is 1. The van der Waals surface area contributed by atoms with Crippen LogP contribution in [0.4, 0.5) is 13.2 Å². The Morgan fingerprint density at radius 3 is 2.00 bits per heavy atom. The molecule has 0 unspecified atom stereocenters. The molecule has 0 rings (SSSR count). The highest BCUT2D eigenvalue weighted by atomic mass is 19.4. The normalized spacial score (nSPS) is 14.0. The quantitative estimate of drug-likeness (QED) is 0.0916. The number of nitrogens with one attached hydrogen (secondary N) is 1. The fourth-order valence-corrected chi connectivity index (χ4v) is 0.476. The largest absolute Gasteiger partial charge is 0.449 e. The highest BCUT2D eigenvalue weighted by Gasteiger charge is 2.59. The lowest BCUT2D eigenvalue weighted by atomic mass is 10.1. The van der Waals surface area contributed by atoms with Gasteiger partial charge in [-0.3, -0.25) is 10.2 Å².